The van der Waals surface area contributed by atoms with Gasteiger partial charge in [0.05, 0.1) is 11.4 Å². The van der Waals surface area contributed by atoms with Crippen LogP contribution < -0.4 is 0 Å². The molecular weight excluding hydrogens is 528 g/mol. The van der Waals surface area contributed by atoms with Crippen molar-refractivity contribution in [2.75, 3.05) is 7.05 Å². The Morgan fingerprint density at radius 3 is 2.05 bits per heavy atom. The van der Waals surface area contributed by atoms with Crippen molar-refractivity contribution < 1.29 is 9.15 Å². The summed E-state index contributed by atoms with van der Waals surface area (Å²) in [5, 5.41) is 7.78. The first-order valence-electron chi connectivity index (χ1n) is 14.4. The first kappa shape index (κ1) is 23.9. The zero-order valence-corrected chi connectivity index (χ0v) is 23.4. The second-order valence-electron chi connectivity index (χ2n) is 11.3. The third kappa shape index (κ3) is 2.95. The van der Waals surface area contributed by atoms with E-state index >= 15 is 0 Å². The van der Waals surface area contributed by atoms with Crippen molar-refractivity contribution in [3.63, 3.8) is 0 Å². The van der Waals surface area contributed by atoms with E-state index in [9.17, 15) is 0 Å². The molecule has 43 heavy (non-hydrogen) atoms. The Morgan fingerprint density at radius 1 is 0.628 bits per heavy atom. The van der Waals surface area contributed by atoms with Crippen molar-refractivity contribution in [3.05, 3.63) is 173 Å². The topological polar surface area (TPSA) is 60.5 Å². The summed E-state index contributed by atoms with van der Waals surface area (Å²) in [5.74, 6) is 0. The van der Waals surface area contributed by atoms with E-state index in [4.69, 9.17) is 9.97 Å². The van der Waals surface area contributed by atoms with Gasteiger partial charge in [-0.25, -0.2) is 0 Å². The van der Waals surface area contributed by atoms with Crippen LogP contribution >= 0.6 is 0 Å². The van der Waals surface area contributed by atoms with Gasteiger partial charge in [0.25, 0.3) is 5.54 Å². The van der Waals surface area contributed by atoms with E-state index in [1.807, 2.05) is 48.5 Å². The summed E-state index contributed by atoms with van der Waals surface area (Å²) in [6.07, 6.45) is 9.75. The maximum Gasteiger partial charge on any atom is 0.490 e. The molecule has 1 N–H and O–H groups in total. The Bertz CT molecular complexity index is 2110. The molecule has 3 aromatic heterocycles. The minimum Gasteiger partial charge on any atom is -0.281 e. The highest BCUT2D eigenvalue weighted by Gasteiger charge is 2.58. The second-order valence-corrected chi connectivity index (χ2v) is 11.3. The van der Waals surface area contributed by atoms with E-state index in [0.29, 0.717) is 0 Å². The number of nitrogens with zero attached hydrogens (tertiary/aromatic N) is 5. The van der Waals surface area contributed by atoms with E-state index < -0.39 is 11.0 Å². The highest BCUT2D eigenvalue weighted by molar-refractivity contribution is 5.85. The van der Waals surface area contributed by atoms with Crippen molar-refractivity contribution in [1.29, 1.82) is 0 Å². The quantitative estimate of drug-likeness (QED) is 0.266. The summed E-state index contributed by atoms with van der Waals surface area (Å²) in [7, 11) is 2.01. The molecule has 0 spiro atoms. The molecule has 2 unspecified atom stereocenters. The fraction of sp³-hybridized carbons (Fsp3) is 0.0811. The SMILES string of the molecule is C[N+]1=C=[N+](C2(c3cccc(C4(c5ccn[nH]5)c5ccccc5-c5cccnc54)c3)c3ccccc3-c3cccnc32)C=C1. The third-order valence-electron chi connectivity index (χ3n) is 9.23. The Kier molecular flexibility index (Phi) is 4.82. The van der Waals surface area contributed by atoms with Crippen molar-refractivity contribution in [2.24, 2.45) is 0 Å². The predicted octanol–water partition coefficient (Wildman–Crippen LogP) is 6.15. The number of rotatable bonds is 4. The number of nitrogens with one attached hydrogen (secondary N) is 1. The molecule has 9 rings (SSSR count). The van der Waals surface area contributed by atoms with Crippen LogP contribution in [0.25, 0.3) is 22.3 Å². The molecule has 0 bridgehead atoms. The van der Waals surface area contributed by atoms with Gasteiger partial charge >= 0.3 is 6.01 Å². The Balaban J connectivity index is 1.41. The maximum atomic E-state index is 5.08. The highest BCUT2D eigenvalue weighted by atomic mass is 15.2. The van der Waals surface area contributed by atoms with Crippen molar-refractivity contribution >= 4 is 6.01 Å². The number of H-pyrrole nitrogens is 1. The molecule has 6 nitrogen and oxygen atoms in total. The molecular formula is C37H26N6+2. The number of aromatic amines is 1. The van der Waals surface area contributed by atoms with Crippen LogP contribution in [0.15, 0.2) is 134 Å². The van der Waals surface area contributed by atoms with E-state index in [0.717, 1.165) is 39.3 Å². The zero-order valence-electron chi connectivity index (χ0n) is 23.4. The fourth-order valence-electron chi connectivity index (χ4n) is 7.59. The van der Waals surface area contributed by atoms with Crippen LogP contribution in [0.2, 0.25) is 0 Å². The summed E-state index contributed by atoms with van der Waals surface area (Å²) >= 11 is 0. The number of aromatic nitrogens is 4. The van der Waals surface area contributed by atoms with Crippen LogP contribution in [0.5, 0.6) is 0 Å². The lowest BCUT2D eigenvalue weighted by atomic mass is 9.70. The van der Waals surface area contributed by atoms with Crippen LogP contribution in [0.4, 0.5) is 0 Å². The largest absolute Gasteiger partial charge is 0.490 e. The Morgan fingerprint density at radius 2 is 1.30 bits per heavy atom. The van der Waals surface area contributed by atoms with Gasteiger partial charge in [-0.15, -0.1) is 0 Å². The van der Waals surface area contributed by atoms with Gasteiger partial charge in [-0.3, -0.25) is 15.1 Å². The molecule has 202 valence electrons. The summed E-state index contributed by atoms with van der Waals surface area (Å²) < 4.78 is 4.15. The standard InChI is InChI=1S/C37H26N6/c1-42-21-22-43(24-42)37(32-16-5-3-12-28(32)30-14-8-19-39-35(30)37)26-10-6-9-25(23-26)36(33-17-20-40-41-33)31-15-4-2-11-27(31)29-13-7-18-38-34(29)36/h2-23H,1H3,(H,40,41)/q+2. The van der Waals surface area contributed by atoms with Crippen LogP contribution in [0.3, 0.4) is 0 Å². The average Bonchev–Trinajstić information content (AvgIpc) is 3.85. The Labute approximate surface area is 248 Å². The number of pyridine rings is 2. The fourth-order valence-corrected chi connectivity index (χ4v) is 7.59. The van der Waals surface area contributed by atoms with Crippen molar-refractivity contribution in [2.45, 2.75) is 11.0 Å². The lowest BCUT2D eigenvalue weighted by Crippen LogP contribution is -2.38. The van der Waals surface area contributed by atoms with E-state index in [1.165, 1.54) is 22.3 Å². The van der Waals surface area contributed by atoms with Crippen LogP contribution in [0.1, 0.15) is 39.3 Å². The molecule has 0 saturated carbocycles. The minimum atomic E-state index is -0.731. The Hall–Kier alpha value is -5.71. The lowest BCUT2D eigenvalue weighted by Gasteiger charge is -2.32. The molecule has 0 amide bonds. The van der Waals surface area contributed by atoms with Crippen LogP contribution in [0, 0.1) is 0 Å². The number of fused-ring (bicyclic) bond motifs is 6. The maximum absolute atomic E-state index is 5.08. The first-order valence-corrected chi connectivity index (χ1v) is 14.4. The molecule has 4 heterocycles. The molecule has 2 aliphatic carbocycles. The van der Waals surface area contributed by atoms with Gasteiger partial charge in [0.1, 0.15) is 11.1 Å². The minimum absolute atomic E-state index is 0.684. The number of hydrogen-bond donors (Lipinski definition) is 1. The number of benzene rings is 3. The predicted molar refractivity (Wildman–Crippen MR) is 164 cm³/mol. The molecule has 3 aromatic carbocycles. The average molecular weight is 555 g/mol. The van der Waals surface area contributed by atoms with Gasteiger partial charge in [-0.05, 0) is 46.5 Å². The highest BCUT2D eigenvalue weighted by Crippen LogP contribution is 2.57. The monoisotopic (exact) mass is 554 g/mol. The lowest BCUT2D eigenvalue weighted by molar-refractivity contribution is -0.534. The summed E-state index contributed by atoms with van der Waals surface area (Å²) in [5.41, 5.74) is 10.8. The van der Waals surface area contributed by atoms with Crippen LogP contribution in [-0.4, -0.2) is 42.4 Å². The molecule has 6 aromatic rings. The van der Waals surface area contributed by atoms with E-state index in [1.54, 1.807) is 0 Å². The molecule has 0 radical (unpaired) electrons. The molecule has 3 aliphatic rings. The van der Waals surface area contributed by atoms with Gasteiger partial charge in [0.2, 0.25) is 12.4 Å². The van der Waals surface area contributed by atoms with Gasteiger partial charge in [-0.2, -0.15) is 5.10 Å². The third-order valence-corrected chi connectivity index (χ3v) is 9.23. The second kappa shape index (κ2) is 8.65. The normalized spacial score (nSPS) is 20.7. The van der Waals surface area contributed by atoms with Gasteiger partial charge < -0.3 is 0 Å². The van der Waals surface area contributed by atoms with E-state index in [-0.39, 0.29) is 0 Å². The summed E-state index contributed by atoms with van der Waals surface area (Å²) in [6.45, 7) is 0. The molecule has 0 fully saturated rings. The van der Waals surface area contributed by atoms with Gasteiger partial charge in [0.15, 0.2) is 7.05 Å². The smallest absolute Gasteiger partial charge is 0.281 e. The van der Waals surface area contributed by atoms with Gasteiger partial charge in [0, 0.05) is 40.8 Å². The zero-order chi connectivity index (χ0) is 28.6. The molecule has 0 saturated heterocycles. The molecule has 1 aliphatic heterocycles. The van der Waals surface area contributed by atoms with Crippen molar-refractivity contribution in [3.8, 4) is 22.3 Å². The number of hydrogen-bond acceptors (Lipinski definition) is 3. The summed E-state index contributed by atoms with van der Waals surface area (Å²) in [6, 6.07) is 40.3. The van der Waals surface area contributed by atoms with Crippen LogP contribution in [-0.2, 0) is 11.0 Å². The molecule has 2 atom stereocenters. The van der Waals surface area contributed by atoms with Crippen molar-refractivity contribution in [1.82, 2.24) is 20.2 Å². The summed E-state index contributed by atoms with van der Waals surface area (Å²) in [4.78, 5) is 10.1. The van der Waals surface area contributed by atoms with Gasteiger partial charge in [-0.1, -0.05) is 88.0 Å². The first-order chi connectivity index (χ1) is 21.2. The van der Waals surface area contributed by atoms with E-state index in [2.05, 4.69) is 118 Å². The molecule has 6 heteroatoms.